The lowest BCUT2D eigenvalue weighted by Crippen LogP contribution is -2.35. The fourth-order valence-electron chi connectivity index (χ4n) is 3.52. The molecule has 0 spiro atoms. The number of amides is 1. The molecule has 1 atom stereocenters. The first-order valence-corrected chi connectivity index (χ1v) is 7.65. The number of hydrazine groups is 1. The van der Waals surface area contributed by atoms with Gasteiger partial charge in [-0.3, -0.25) is 4.79 Å². The van der Waals surface area contributed by atoms with Crippen LogP contribution < -0.4 is 14.5 Å². The third-order valence-corrected chi connectivity index (χ3v) is 4.54. The van der Waals surface area contributed by atoms with Crippen LogP contribution >= 0.6 is 0 Å². The summed E-state index contributed by atoms with van der Waals surface area (Å²) in [5.74, 6) is 1.77. The van der Waals surface area contributed by atoms with Crippen LogP contribution in [0.5, 0.6) is 11.5 Å². The molecule has 0 saturated carbocycles. The largest absolute Gasteiger partial charge is 0.497 e. The van der Waals surface area contributed by atoms with Gasteiger partial charge in [0.2, 0.25) is 5.91 Å². The molecule has 5 heteroatoms. The van der Waals surface area contributed by atoms with Crippen LogP contribution in [-0.4, -0.2) is 31.7 Å². The fraction of sp³-hybridized carbons (Fsp3) is 0.278. The van der Waals surface area contributed by atoms with Gasteiger partial charge in [0.05, 0.1) is 25.9 Å². The molecule has 2 aromatic rings. The van der Waals surface area contributed by atoms with Crippen molar-refractivity contribution in [3.8, 4) is 11.5 Å². The van der Waals surface area contributed by atoms with Crippen molar-refractivity contribution in [2.45, 2.75) is 12.5 Å². The van der Waals surface area contributed by atoms with E-state index in [0.29, 0.717) is 13.0 Å². The maximum atomic E-state index is 12.3. The second-order valence-corrected chi connectivity index (χ2v) is 5.69. The normalized spacial score (nSPS) is 19.7. The van der Waals surface area contributed by atoms with Crippen molar-refractivity contribution in [1.82, 2.24) is 5.01 Å². The molecule has 1 amide bonds. The van der Waals surface area contributed by atoms with Gasteiger partial charge in [0.25, 0.3) is 0 Å². The molecule has 2 heterocycles. The average Bonchev–Trinajstić information content (AvgIpc) is 3.13. The van der Waals surface area contributed by atoms with Gasteiger partial charge in [-0.2, -0.15) is 0 Å². The van der Waals surface area contributed by atoms with Crippen molar-refractivity contribution >= 4 is 11.6 Å². The van der Waals surface area contributed by atoms with Crippen LogP contribution in [0, 0.1) is 0 Å². The predicted octanol–water partition coefficient (Wildman–Crippen LogP) is 2.76. The fourth-order valence-corrected chi connectivity index (χ4v) is 3.52. The van der Waals surface area contributed by atoms with Crippen LogP contribution in [0.4, 0.5) is 5.69 Å². The van der Waals surface area contributed by atoms with Crippen LogP contribution in [0.25, 0.3) is 0 Å². The number of methoxy groups -OCH3 is 2. The van der Waals surface area contributed by atoms with Gasteiger partial charge < -0.3 is 9.47 Å². The summed E-state index contributed by atoms with van der Waals surface area (Å²) in [6, 6.07) is 13.8. The highest BCUT2D eigenvalue weighted by Gasteiger charge is 2.45. The molecule has 0 aliphatic carbocycles. The van der Waals surface area contributed by atoms with E-state index in [1.54, 1.807) is 19.2 Å². The molecule has 5 nitrogen and oxygen atoms in total. The first-order chi connectivity index (χ1) is 11.2. The predicted molar refractivity (Wildman–Crippen MR) is 86.6 cm³/mol. The minimum atomic E-state index is -0.0153. The molecule has 0 N–H and O–H groups in total. The Hall–Kier alpha value is -2.53. The third-order valence-electron chi connectivity index (χ3n) is 4.54. The Balaban J connectivity index is 1.87. The number of nitrogens with zero attached hydrogens (tertiary/aromatic N) is 2. The molecule has 1 saturated heterocycles. The zero-order valence-electron chi connectivity index (χ0n) is 13.2. The van der Waals surface area contributed by atoms with E-state index in [9.17, 15) is 4.79 Å². The molecular formula is C18H18N2O3. The number of fused-ring (bicyclic) bond motifs is 3. The molecule has 4 rings (SSSR count). The van der Waals surface area contributed by atoms with Crippen molar-refractivity contribution in [3.63, 3.8) is 0 Å². The maximum Gasteiger partial charge on any atom is 0.242 e. The quantitative estimate of drug-likeness (QED) is 0.874. The number of hydrogen-bond donors (Lipinski definition) is 0. The monoisotopic (exact) mass is 310 g/mol. The summed E-state index contributed by atoms with van der Waals surface area (Å²) in [5.41, 5.74) is 3.09. The Kier molecular flexibility index (Phi) is 3.23. The van der Waals surface area contributed by atoms with E-state index < -0.39 is 0 Å². The maximum absolute atomic E-state index is 12.3. The molecule has 118 valence electrons. The van der Waals surface area contributed by atoms with Gasteiger partial charge >= 0.3 is 0 Å². The molecule has 2 aromatic carbocycles. The highest BCUT2D eigenvalue weighted by molar-refractivity contribution is 5.97. The molecule has 0 radical (unpaired) electrons. The van der Waals surface area contributed by atoms with Crippen LogP contribution in [0.2, 0.25) is 0 Å². The van der Waals surface area contributed by atoms with Gasteiger partial charge in [-0.05, 0) is 29.8 Å². The van der Waals surface area contributed by atoms with Gasteiger partial charge in [0.1, 0.15) is 11.5 Å². The van der Waals surface area contributed by atoms with E-state index in [4.69, 9.17) is 9.47 Å². The van der Waals surface area contributed by atoms with Gasteiger partial charge in [-0.25, -0.2) is 10.0 Å². The molecule has 1 unspecified atom stereocenters. The first kappa shape index (κ1) is 14.1. The highest BCUT2D eigenvalue weighted by Crippen LogP contribution is 2.50. The van der Waals surface area contributed by atoms with Crippen molar-refractivity contribution in [3.05, 3.63) is 53.6 Å². The zero-order valence-corrected chi connectivity index (χ0v) is 13.2. The van der Waals surface area contributed by atoms with Crippen LogP contribution in [0.3, 0.4) is 0 Å². The third kappa shape index (κ3) is 2.00. The number of anilines is 1. The Morgan fingerprint density at radius 3 is 2.52 bits per heavy atom. The second-order valence-electron chi connectivity index (χ2n) is 5.69. The molecule has 2 aliphatic rings. The van der Waals surface area contributed by atoms with Crippen LogP contribution in [0.1, 0.15) is 23.6 Å². The van der Waals surface area contributed by atoms with E-state index >= 15 is 0 Å². The van der Waals surface area contributed by atoms with Gasteiger partial charge in [-0.15, -0.1) is 0 Å². The van der Waals surface area contributed by atoms with Crippen LogP contribution in [0.15, 0.2) is 42.5 Å². The summed E-state index contributed by atoms with van der Waals surface area (Å²) in [4.78, 5) is 12.3. The Morgan fingerprint density at radius 1 is 1.04 bits per heavy atom. The standard InChI is InChI=1S/C18H18N2O3/c1-22-13-8-6-12(7-9-13)18-17-14(4-3-5-15(17)23-2)20-16(21)10-11-19(18)20/h3-9,18H,10-11H2,1-2H3. The lowest BCUT2D eigenvalue weighted by atomic mass is 9.97. The number of rotatable bonds is 3. The molecule has 23 heavy (non-hydrogen) atoms. The van der Waals surface area contributed by atoms with Gasteiger partial charge in [-0.1, -0.05) is 18.2 Å². The van der Waals surface area contributed by atoms with Crippen molar-refractivity contribution < 1.29 is 14.3 Å². The molecule has 0 aromatic heterocycles. The van der Waals surface area contributed by atoms with E-state index in [0.717, 1.165) is 28.3 Å². The SMILES string of the molecule is COc1ccc(C2c3c(OC)cccc3N3C(=O)CCN23)cc1. The molecular weight excluding hydrogens is 292 g/mol. The molecule has 0 bridgehead atoms. The first-order valence-electron chi connectivity index (χ1n) is 7.65. The number of carbonyl (C=O) groups excluding carboxylic acids is 1. The van der Waals surface area contributed by atoms with E-state index in [2.05, 4.69) is 5.01 Å². The average molecular weight is 310 g/mol. The lowest BCUT2D eigenvalue weighted by Gasteiger charge is -2.25. The number of hydrogen-bond acceptors (Lipinski definition) is 4. The summed E-state index contributed by atoms with van der Waals surface area (Å²) in [5, 5.41) is 3.92. The highest BCUT2D eigenvalue weighted by atomic mass is 16.5. The lowest BCUT2D eigenvalue weighted by molar-refractivity contribution is -0.117. The smallest absolute Gasteiger partial charge is 0.242 e. The second kappa shape index (κ2) is 5.28. The van der Waals surface area contributed by atoms with Crippen molar-refractivity contribution in [1.29, 1.82) is 0 Å². The molecule has 2 aliphatic heterocycles. The summed E-state index contributed by atoms with van der Waals surface area (Å²) in [6.07, 6.45) is 0.545. The number of ether oxygens (including phenoxy) is 2. The summed E-state index contributed by atoms with van der Waals surface area (Å²) in [6.45, 7) is 0.716. The van der Waals surface area contributed by atoms with Crippen molar-refractivity contribution in [2.24, 2.45) is 0 Å². The van der Waals surface area contributed by atoms with E-state index in [1.807, 2.05) is 42.5 Å². The molecule has 1 fully saturated rings. The van der Waals surface area contributed by atoms with Gasteiger partial charge in [0, 0.05) is 18.5 Å². The zero-order chi connectivity index (χ0) is 16.0. The minimum Gasteiger partial charge on any atom is -0.497 e. The van der Waals surface area contributed by atoms with Crippen molar-refractivity contribution in [2.75, 3.05) is 25.8 Å². The topological polar surface area (TPSA) is 42.0 Å². The van der Waals surface area contributed by atoms with Crippen LogP contribution in [-0.2, 0) is 4.79 Å². The van der Waals surface area contributed by atoms with E-state index in [1.165, 1.54) is 0 Å². The number of benzene rings is 2. The minimum absolute atomic E-state index is 0.0153. The summed E-state index contributed by atoms with van der Waals surface area (Å²) >= 11 is 0. The Morgan fingerprint density at radius 2 is 1.83 bits per heavy atom. The summed E-state index contributed by atoms with van der Waals surface area (Å²) < 4.78 is 10.8. The Bertz CT molecular complexity index is 757. The number of carbonyl (C=O) groups is 1. The Labute approximate surface area is 135 Å². The van der Waals surface area contributed by atoms with Gasteiger partial charge in [0.15, 0.2) is 0 Å². The summed E-state index contributed by atoms with van der Waals surface area (Å²) in [7, 11) is 3.32. The van der Waals surface area contributed by atoms with E-state index in [-0.39, 0.29) is 11.9 Å².